The summed E-state index contributed by atoms with van der Waals surface area (Å²) in [5.41, 5.74) is 10.7. The normalized spacial score (nSPS) is 17.8. The van der Waals surface area contributed by atoms with Crippen molar-refractivity contribution in [2.45, 2.75) is 50.6 Å². The van der Waals surface area contributed by atoms with Crippen LogP contribution in [-0.4, -0.2) is 27.1 Å². The van der Waals surface area contributed by atoms with E-state index in [0.29, 0.717) is 12.1 Å². The second kappa shape index (κ2) is 8.19. The van der Waals surface area contributed by atoms with E-state index in [1.165, 1.54) is 23.2 Å². The molecule has 1 aliphatic rings. The number of nitrogens with one attached hydrogen (secondary N) is 1. The lowest BCUT2D eigenvalue weighted by atomic mass is 9.91. The molecule has 0 saturated carbocycles. The Morgan fingerprint density at radius 3 is 3.00 bits per heavy atom. The van der Waals surface area contributed by atoms with Crippen molar-refractivity contribution in [1.29, 1.82) is 0 Å². The number of hydrogen-bond donors (Lipinski definition) is 2. The van der Waals surface area contributed by atoms with Crippen LogP contribution in [0.1, 0.15) is 48.8 Å². The largest absolute Gasteiger partial charge is 0.331 e. The average Bonchev–Trinajstić information content (AvgIpc) is 3.02. The summed E-state index contributed by atoms with van der Waals surface area (Å²) in [5.74, 6) is 1.13. The topological polar surface area (TPSA) is 68.8 Å². The first-order chi connectivity index (χ1) is 13.3. The molecule has 0 radical (unpaired) electrons. The monoisotopic (exact) mass is 363 g/mol. The lowest BCUT2D eigenvalue weighted by molar-refractivity contribution is 0.362. The molecule has 5 nitrogen and oxygen atoms in total. The van der Waals surface area contributed by atoms with E-state index in [1.807, 2.05) is 18.3 Å². The van der Waals surface area contributed by atoms with Crippen LogP contribution in [0.5, 0.6) is 0 Å². The van der Waals surface area contributed by atoms with Crippen LogP contribution < -0.4 is 11.1 Å². The van der Waals surface area contributed by atoms with E-state index in [1.54, 1.807) is 0 Å². The fourth-order valence-corrected chi connectivity index (χ4v) is 4.26. The fraction of sp³-hybridized carbons (Fsp3) is 0.455. The highest BCUT2D eigenvalue weighted by Gasteiger charge is 2.24. The molecule has 3 aromatic rings. The Hall–Kier alpha value is -2.24. The standard InChI is InChI=1S/C22H29N5/c1-27-20-12-3-2-10-18(20)26-21(27)15-17(9-5-13-23)25-19-11-4-7-16-8-6-14-24-22(16)19/h2-3,6,8,10,12,14,17,19,25H,4-5,7,9,11,13,15,23H2,1H3. The van der Waals surface area contributed by atoms with E-state index in [4.69, 9.17) is 10.7 Å². The number of hydrogen-bond acceptors (Lipinski definition) is 4. The Morgan fingerprint density at radius 2 is 2.15 bits per heavy atom. The second-order valence-corrected chi connectivity index (χ2v) is 7.57. The molecule has 1 aliphatic carbocycles. The third-order valence-electron chi connectivity index (χ3n) is 5.70. The third kappa shape index (κ3) is 3.89. The third-order valence-corrected chi connectivity index (χ3v) is 5.70. The number of rotatable bonds is 7. The average molecular weight is 364 g/mol. The summed E-state index contributed by atoms with van der Waals surface area (Å²) in [5, 5.41) is 3.90. The quantitative estimate of drug-likeness (QED) is 0.676. The van der Waals surface area contributed by atoms with Gasteiger partial charge in [-0.2, -0.15) is 0 Å². The van der Waals surface area contributed by atoms with E-state index < -0.39 is 0 Å². The van der Waals surface area contributed by atoms with Crippen LogP contribution in [0.4, 0.5) is 0 Å². The Bertz CT molecular complexity index is 901. The lowest BCUT2D eigenvalue weighted by Gasteiger charge is -2.29. The first-order valence-electron chi connectivity index (χ1n) is 10.1. The highest BCUT2D eigenvalue weighted by atomic mass is 15.1. The highest BCUT2D eigenvalue weighted by molar-refractivity contribution is 5.75. The van der Waals surface area contributed by atoms with E-state index in [-0.39, 0.29) is 0 Å². The van der Waals surface area contributed by atoms with Gasteiger partial charge in [-0.1, -0.05) is 18.2 Å². The number of pyridine rings is 1. The molecule has 2 heterocycles. The van der Waals surface area contributed by atoms with Crippen molar-refractivity contribution >= 4 is 11.0 Å². The van der Waals surface area contributed by atoms with Gasteiger partial charge in [0.25, 0.3) is 0 Å². The number of fused-ring (bicyclic) bond motifs is 2. The van der Waals surface area contributed by atoms with Crippen molar-refractivity contribution in [1.82, 2.24) is 19.9 Å². The van der Waals surface area contributed by atoms with Crippen molar-refractivity contribution in [2.24, 2.45) is 12.8 Å². The maximum Gasteiger partial charge on any atom is 0.111 e. The molecule has 0 aliphatic heterocycles. The van der Waals surface area contributed by atoms with Gasteiger partial charge in [0.2, 0.25) is 0 Å². The minimum absolute atomic E-state index is 0.326. The molecule has 4 rings (SSSR count). The summed E-state index contributed by atoms with van der Waals surface area (Å²) in [6, 6.07) is 13.3. The molecule has 3 N–H and O–H groups in total. The van der Waals surface area contributed by atoms with E-state index in [0.717, 1.165) is 50.0 Å². The minimum atomic E-state index is 0.326. The van der Waals surface area contributed by atoms with Crippen molar-refractivity contribution in [2.75, 3.05) is 6.54 Å². The summed E-state index contributed by atoms with van der Waals surface area (Å²) in [6.07, 6.45) is 8.39. The van der Waals surface area contributed by atoms with Gasteiger partial charge in [0.05, 0.1) is 16.7 Å². The van der Waals surface area contributed by atoms with Crippen LogP contribution in [0.2, 0.25) is 0 Å². The molecular weight excluding hydrogens is 334 g/mol. The predicted molar refractivity (Wildman–Crippen MR) is 110 cm³/mol. The van der Waals surface area contributed by atoms with Gasteiger partial charge in [-0.25, -0.2) is 4.98 Å². The van der Waals surface area contributed by atoms with Gasteiger partial charge < -0.3 is 15.6 Å². The molecular formula is C22H29N5. The summed E-state index contributed by atoms with van der Waals surface area (Å²) in [6.45, 7) is 0.722. The zero-order valence-electron chi connectivity index (χ0n) is 16.1. The molecule has 0 fully saturated rings. The molecule has 5 heteroatoms. The van der Waals surface area contributed by atoms with Gasteiger partial charge in [0.1, 0.15) is 5.82 Å². The van der Waals surface area contributed by atoms with Gasteiger partial charge >= 0.3 is 0 Å². The van der Waals surface area contributed by atoms with Gasteiger partial charge in [0, 0.05) is 31.7 Å². The summed E-state index contributed by atoms with van der Waals surface area (Å²) in [7, 11) is 2.11. The van der Waals surface area contributed by atoms with Gasteiger partial charge in [-0.3, -0.25) is 4.98 Å². The smallest absolute Gasteiger partial charge is 0.111 e. The maximum atomic E-state index is 5.81. The number of aromatic nitrogens is 3. The molecule has 1 aromatic carbocycles. The predicted octanol–water partition coefficient (Wildman–Crippen LogP) is 3.29. The number of aryl methyl sites for hydroxylation is 2. The van der Waals surface area contributed by atoms with Crippen molar-refractivity contribution < 1.29 is 0 Å². The zero-order valence-corrected chi connectivity index (χ0v) is 16.1. The molecule has 27 heavy (non-hydrogen) atoms. The van der Waals surface area contributed by atoms with Crippen molar-refractivity contribution in [3.05, 3.63) is 59.7 Å². The van der Waals surface area contributed by atoms with Crippen molar-refractivity contribution in [3.8, 4) is 0 Å². The lowest BCUT2D eigenvalue weighted by Crippen LogP contribution is -2.37. The molecule has 2 unspecified atom stereocenters. The van der Waals surface area contributed by atoms with Crippen molar-refractivity contribution in [3.63, 3.8) is 0 Å². The van der Waals surface area contributed by atoms with Gasteiger partial charge in [-0.05, 0) is 62.4 Å². The van der Waals surface area contributed by atoms with Crippen LogP contribution >= 0.6 is 0 Å². The molecule has 2 aromatic heterocycles. The number of imidazole rings is 1. The Balaban J connectivity index is 1.55. The van der Waals surface area contributed by atoms with Crippen LogP contribution in [0.25, 0.3) is 11.0 Å². The number of benzene rings is 1. The number of para-hydroxylation sites is 2. The summed E-state index contributed by atoms with van der Waals surface area (Å²) >= 11 is 0. The van der Waals surface area contributed by atoms with Crippen LogP contribution in [-0.2, 0) is 19.9 Å². The molecule has 142 valence electrons. The van der Waals surface area contributed by atoms with Crippen LogP contribution in [0.15, 0.2) is 42.6 Å². The molecule has 0 amide bonds. The van der Waals surface area contributed by atoms with E-state index >= 15 is 0 Å². The highest BCUT2D eigenvalue weighted by Crippen LogP contribution is 2.29. The Labute approximate surface area is 161 Å². The number of nitrogens with zero attached hydrogens (tertiary/aromatic N) is 3. The molecule has 2 atom stereocenters. The first kappa shape index (κ1) is 18.1. The van der Waals surface area contributed by atoms with Crippen LogP contribution in [0.3, 0.4) is 0 Å². The number of nitrogens with two attached hydrogens (primary N) is 1. The summed E-state index contributed by atoms with van der Waals surface area (Å²) in [4.78, 5) is 9.56. The molecule has 0 saturated heterocycles. The fourth-order valence-electron chi connectivity index (χ4n) is 4.26. The van der Waals surface area contributed by atoms with Gasteiger partial charge in [-0.15, -0.1) is 0 Å². The van der Waals surface area contributed by atoms with Crippen LogP contribution in [0, 0.1) is 0 Å². The SMILES string of the molecule is Cn1c(CC(CCCN)NC2CCCc3cccnc32)nc2ccccc21. The minimum Gasteiger partial charge on any atom is -0.331 e. The van der Waals surface area contributed by atoms with E-state index in [2.05, 4.69) is 46.2 Å². The maximum absolute atomic E-state index is 5.81. The summed E-state index contributed by atoms with van der Waals surface area (Å²) < 4.78 is 2.22. The molecule has 0 bridgehead atoms. The first-order valence-corrected chi connectivity index (χ1v) is 10.1. The molecule has 0 spiro atoms. The zero-order chi connectivity index (χ0) is 18.6. The van der Waals surface area contributed by atoms with Gasteiger partial charge in [0.15, 0.2) is 0 Å². The Kier molecular flexibility index (Phi) is 5.50. The Morgan fingerprint density at radius 1 is 1.26 bits per heavy atom. The second-order valence-electron chi connectivity index (χ2n) is 7.57. The van der Waals surface area contributed by atoms with E-state index in [9.17, 15) is 0 Å².